The standard InChI is InChI=1S/C24H22N2O6/c27-22(28)20(19-13-7-16-30-19)25-32-24(14-8-15-24)23(29)26-31-21(17-9-3-1-4-10-17)18-11-5-2-6-12-18/h1-7,9-13,16,21H,8,14-15H2,(H,26,29)(H,27,28). The quantitative estimate of drug-likeness (QED) is 0.391. The molecule has 8 nitrogen and oxygen atoms in total. The van der Waals surface area contributed by atoms with Crippen molar-refractivity contribution in [3.8, 4) is 0 Å². The number of hydroxylamine groups is 1. The van der Waals surface area contributed by atoms with E-state index in [9.17, 15) is 14.7 Å². The second-order valence-corrected chi connectivity index (χ2v) is 7.41. The Morgan fingerprint density at radius 2 is 1.59 bits per heavy atom. The Morgan fingerprint density at radius 3 is 2.06 bits per heavy atom. The van der Waals surface area contributed by atoms with E-state index in [0.717, 1.165) is 17.5 Å². The number of carboxylic acid groups (broad SMARTS) is 1. The lowest BCUT2D eigenvalue weighted by atomic mass is 9.79. The van der Waals surface area contributed by atoms with Gasteiger partial charge in [-0.25, -0.2) is 10.3 Å². The fourth-order valence-electron chi connectivity index (χ4n) is 3.38. The number of carbonyl (C=O) groups is 2. The van der Waals surface area contributed by atoms with Crippen LogP contribution in [-0.2, 0) is 19.3 Å². The summed E-state index contributed by atoms with van der Waals surface area (Å²) < 4.78 is 5.09. The number of hydrogen-bond acceptors (Lipinski definition) is 6. The van der Waals surface area contributed by atoms with Crippen LogP contribution in [0.4, 0.5) is 0 Å². The summed E-state index contributed by atoms with van der Waals surface area (Å²) in [4.78, 5) is 35.8. The van der Waals surface area contributed by atoms with Gasteiger partial charge in [0.05, 0.1) is 6.26 Å². The Kier molecular flexibility index (Phi) is 6.32. The number of nitrogens with zero attached hydrogens (tertiary/aromatic N) is 1. The number of oxime groups is 1. The molecule has 2 N–H and O–H groups in total. The zero-order valence-electron chi connectivity index (χ0n) is 17.1. The second-order valence-electron chi connectivity index (χ2n) is 7.41. The summed E-state index contributed by atoms with van der Waals surface area (Å²) in [5.41, 5.74) is 2.52. The Hall–Kier alpha value is -3.91. The van der Waals surface area contributed by atoms with Crippen molar-refractivity contribution in [1.82, 2.24) is 5.48 Å². The van der Waals surface area contributed by atoms with E-state index in [1.807, 2.05) is 60.7 Å². The average molecular weight is 434 g/mol. The number of benzene rings is 2. The summed E-state index contributed by atoms with van der Waals surface area (Å²) in [6.45, 7) is 0. The summed E-state index contributed by atoms with van der Waals surface area (Å²) in [5.74, 6) is -1.80. The van der Waals surface area contributed by atoms with Gasteiger partial charge in [0.2, 0.25) is 11.3 Å². The van der Waals surface area contributed by atoms with Gasteiger partial charge in [-0.2, -0.15) is 0 Å². The zero-order chi connectivity index (χ0) is 22.4. The molecule has 4 rings (SSSR count). The largest absolute Gasteiger partial charge is 0.476 e. The van der Waals surface area contributed by atoms with Crippen molar-refractivity contribution >= 4 is 17.6 Å². The molecule has 0 bridgehead atoms. The van der Waals surface area contributed by atoms with Crippen molar-refractivity contribution in [2.75, 3.05) is 0 Å². The van der Waals surface area contributed by atoms with E-state index in [4.69, 9.17) is 14.1 Å². The van der Waals surface area contributed by atoms with Gasteiger partial charge in [-0.3, -0.25) is 9.63 Å². The molecular weight excluding hydrogens is 412 g/mol. The highest BCUT2D eigenvalue weighted by molar-refractivity contribution is 6.41. The molecular formula is C24H22N2O6. The van der Waals surface area contributed by atoms with Crippen LogP contribution in [0.15, 0.2) is 88.6 Å². The van der Waals surface area contributed by atoms with Gasteiger partial charge >= 0.3 is 5.97 Å². The minimum Gasteiger partial charge on any atom is -0.476 e. The fourth-order valence-corrected chi connectivity index (χ4v) is 3.38. The van der Waals surface area contributed by atoms with Gasteiger partial charge in [0.1, 0.15) is 6.10 Å². The Bertz CT molecular complexity index is 1040. The van der Waals surface area contributed by atoms with Gasteiger partial charge in [0.15, 0.2) is 5.76 Å². The van der Waals surface area contributed by atoms with E-state index < -0.39 is 29.3 Å². The highest BCUT2D eigenvalue weighted by Crippen LogP contribution is 2.37. The number of rotatable bonds is 9. The van der Waals surface area contributed by atoms with Crippen LogP contribution in [0.1, 0.15) is 42.3 Å². The first-order valence-corrected chi connectivity index (χ1v) is 10.2. The van der Waals surface area contributed by atoms with Crippen LogP contribution >= 0.6 is 0 Å². The topological polar surface area (TPSA) is 110 Å². The third-order valence-corrected chi connectivity index (χ3v) is 5.32. The summed E-state index contributed by atoms with van der Waals surface area (Å²) in [6.07, 6.45) is 2.32. The van der Waals surface area contributed by atoms with Crippen LogP contribution in [0, 0.1) is 0 Å². The van der Waals surface area contributed by atoms with Crippen LogP contribution in [0.5, 0.6) is 0 Å². The number of hydrogen-bond donors (Lipinski definition) is 2. The molecule has 2 aromatic carbocycles. The SMILES string of the molecule is O=C(O)C(=NOC1(C(=O)NOC(c2ccccc2)c2ccccc2)CCC1)c1ccco1. The summed E-state index contributed by atoms with van der Waals surface area (Å²) in [6, 6.07) is 22.0. The molecule has 164 valence electrons. The smallest absolute Gasteiger partial charge is 0.361 e. The van der Waals surface area contributed by atoms with Gasteiger partial charge in [0, 0.05) is 0 Å². The lowest BCUT2D eigenvalue weighted by molar-refractivity contribution is -0.175. The molecule has 1 fully saturated rings. The fraction of sp³-hybridized carbons (Fsp3) is 0.208. The van der Waals surface area contributed by atoms with E-state index in [0.29, 0.717) is 12.8 Å². The van der Waals surface area contributed by atoms with Crippen molar-refractivity contribution in [3.63, 3.8) is 0 Å². The number of carbonyl (C=O) groups excluding carboxylic acids is 1. The Morgan fingerprint density at radius 1 is 0.969 bits per heavy atom. The first kappa shape index (κ1) is 21.3. The molecule has 8 heteroatoms. The molecule has 0 atom stereocenters. The van der Waals surface area contributed by atoms with Crippen LogP contribution < -0.4 is 5.48 Å². The summed E-state index contributed by atoms with van der Waals surface area (Å²) >= 11 is 0. The number of carboxylic acids is 1. The Labute approximate surface area is 184 Å². The first-order valence-electron chi connectivity index (χ1n) is 10.2. The molecule has 3 aromatic rings. The minimum atomic E-state index is -1.32. The second kappa shape index (κ2) is 9.49. The molecule has 1 aliphatic carbocycles. The van der Waals surface area contributed by atoms with Crippen LogP contribution in [0.25, 0.3) is 0 Å². The number of nitrogens with one attached hydrogen (secondary N) is 1. The average Bonchev–Trinajstić information content (AvgIpc) is 3.31. The predicted molar refractivity (Wildman–Crippen MR) is 115 cm³/mol. The van der Waals surface area contributed by atoms with E-state index in [2.05, 4.69) is 10.6 Å². The highest BCUT2D eigenvalue weighted by atomic mass is 16.7. The van der Waals surface area contributed by atoms with E-state index in [1.165, 1.54) is 12.3 Å². The molecule has 1 aliphatic rings. The molecule has 0 radical (unpaired) electrons. The molecule has 0 unspecified atom stereocenters. The minimum absolute atomic E-state index is 0.0388. The van der Waals surface area contributed by atoms with Crippen LogP contribution in [0.2, 0.25) is 0 Å². The molecule has 32 heavy (non-hydrogen) atoms. The lowest BCUT2D eigenvalue weighted by Crippen LogP contribution is -2.53. The normalized spacial score (nSPS) is 15.1. The third-order valence-electron chi connectivity index (χ3n) is 5.32. The van der Waals surface area contributed by atoms with Crippen LogP contribution in [0.3, 0.4) is 0 Å². The number of aliphatic carboxylic acids is 1. The third kappa shape index (κ3) is 4.55. The monoisotopic (exact) mass is 434 g/mol. The summed E-state index contributed by atoms with van der Waals surface area (Å²) in [5, 5.41) is 13.1. The molecule has 0 aliphatic heterocycles. The molecule has 1 aromatic heterocycles. The highest BCUT2D eigenvalue weighted by Gasteiger charge is 2.48. The molecule has 1 amide bonds. The van der Waals surface area contributed by atoms with Crippen molar-refractivity contribution in [1.29, 1.82) is 0 Å². The zero-order valence-corrected chi connectivity index (χ0v) is 17.1. The molecule has 1 heterocycles. The number of furan rings is 1. The number of amides is 1. The predicted octanol–water partition coefficient (Wildman–Crippen LogP) is 3.85. The van der Waals surface area contributed by atoms with Crippen molar-refractivity contribution in [3.05, 3.63) is 95.9 Å². The molecule has 0 saturated heterocycles. The van der Waals surface area contributed by atoms with E-state index in [-0.39, 0.29) is 5.76 Å². The van der Waals surface area contributed by atoms with Gasteiger partial charge < -0.3 is 14.4 Å². The van der Waals surface area contributed by atoms with E-state index >= 15 is 0 Å². The summed E-state index contributed by atoms with van der Waals surface area (Å²) in [7, 11) is 0. The van der Waals surface area contributed by atoms with Gasteiger partial charge in [-0.05, 0) is 42.5 Å². The first-order chi connectivity index (χ1) is 15.6. The van der Waals surface area contributed by atoms with Crippen molar-refractivity contribution in [2.45, 2.75) is 31.0 Å². The van der Waals surface area contributed by atoms with Gasteiger partial charge in [0.25, 0.3) is 5.91 Å². The van der Waals surface area contributed by atoms with Gasteiger partial charge in [-0.15, -0.1) is 0 Å². The maximum Gasteiger partial charge on any atom is 0.361 e. The maximum atomic E-state index is 13.0. The maximum absolute atomic E-state index is 13.0. The van der Waals surface area contributed by atoms with E-state index in [1.54, 1.807) is 6.07 Å². The van der Waals surface area contributed by atoms with Crippen molar-refractivity contribution < 1.29 is 28.8 Å². The molecule has 1 saturated carbocycles. The van der Waals surface area contributed by atoms with Gasteiger partial charge in [-0.1, -0.05) is 65.8 Å². The molecule has 0 spiro atoms. The van der Waals surface area contributed by atoms with Crippen LogP contribution in [-0.4, -0.2) is 28.3 Å². The lowest BCUT2D eigenvalue weighted by Gasteiger charge is -2.37. The van der Waals surface area contributed by atoms with Crippen molar-refractivity contribution in [2.24, 2.45) is 5.16 Å². The Balaban J connectivity index is 1.50.